The quantitative estimate of drug-likeness (QED) is 0.646. The van der Waals surface area contributed by atoms with Crippen LogP contribution in [0.5, 0.6) is 0 Å². The Bertz CT molecular complexity index is 784. The third-order valence-corrected chi connectivity index (χ3v) is 4.24. The molecule has 1 saturated carbocycles. The van der Waals surface area contributed by atoms with Gasteiger partial charge in [-0.15, -0.1) is 0 Å². The second-order valence-electron chi connectivity index (χ2n) is 6.21. The lowest BCUT2D eigenvalue weighted by molar-refractivity contribution is 0.189. The molecule has 126 valence electrons. The Hall–Kier alpha value is -2.03. The fraction of sp³-hybridized carbons (Fsp3) is 0.444. The standard InChI is InChI=1S/C18H21ClN4O/c1-12(24)7-8-20-16-9-17(19)21-10-14(16)5-6-15-11-22-23(2)18(15)13-3-4-13/h9-13,24H,3-4,7-8H2,1-2H3,(H,20,21)/t12-/m1/s1. The maximum atomic E-state index is 9.38. The number of aryl methyl sites for hydroxylation is 1. The Morgan fingerprint density at radius 1 is 1.38 bits per heavy atom. The van der Waals surface area contributed by atoms with Crippen molar-refractivity contribution in [1.29, 1.82) is 0 Å². The number of nitrogens with zero attached hydrogens (tertiary/aromatic N) is 3. The van der Waals surface area contributed by atoms with E-state index in [4.69, 9.17) is 11.6 Å². The maximum absolute atomic E-state index is 9.38. The molecule has 2 aromatic heterocycles. The van der Waals surface area contributed by atoms with Crippen LogP contribution in [0.3, 0.4) is 0 Å². The summed E-state index contributed by atoms with van der Waals surface area (Å²) in [6.07, 6.45) is 6.23. The molecule has 0 spiro atoms. The van der Waals surface area contributed by atoms with E-state index in [1.807, 2.05) is 17.9 Å². The van der Waals surface area contributed by atoms with Gasteiger partial charge in [0.1, 0.15) is 5.15 Å². The normalized spacial score (nSPS) is 14.8. The lowest BCUT2D eigenvalue weighted by Crippen LogP contribution is -2.10. The fourth-order valence-electron chi connectivity index (χ4n) is 2.61. The van der Waals surface area contributed by atoms with Crippen LogP contribution >= 0.6 is 11.6 Å². The van der Waals surface area contributed by atoms with Gasteiger partial charge in [0.25, 0.3) is 0 Å². The first kappa shape index (κ1) is 16.8. The highest BCUT2D eigenvalue weighted by atomic mass is 35.5. The summed E-state index contributed by atoms with van der Waals surface area (Å²) in [4.78, 5) is 4.12. The van der Waals surface area contributed by atoms with Crippen molar-refractivity contribution in [2.45, 2.75) is 38.2 Å². The number of hydrogen-bond acceptors (Lipinski definition) is 4. The monoisotopic (exact) mass is 344 g/mol. The van der Waals surface area contributed by atoms with Crippen LogP contribution in [-0.4, -0.2) is 32.5 Å². The van der Waals surface area contributed by atoms with Crippen molar-refractivity contribution >= 4 is 17.3 Å². The number of anilines is 1. The summed E-state index contributed by atoms with van der Waals surface area (Å²) in [7, 11) is 1.96. The molecule has 0 radical (unpaired) electrons. The number of hydrogen-bond donors (Lipinski definition) is 2. The van der Waals surface area contributed by atoms with E-state index in [1.165, 1.54) is 18.5 Å². The summed E-state index contributed by atoms with van der Waals surface area (Å²) in [5.74, 6) is 7.00. The molecular formula is C18H21ClN4O. The highest BCUT2D eigenvalue weighted by molar-refractivity contribution is 6.29. The summed E-state index contributed by atoms with van der Waals surface area (Å²) >= 11 is 5.99. The van der Waals surface area contributed by atoms with E-state index < -0.39 is 0 Å². The molecule has 1 atom stereocenters. The average molecular weight is 345 g/mol. The zero-order chi connectivity index (χ0) is 17.1. The molecular weight excluding hydrogens is 324 g/mol. The third-order valence-electron chi connectivity index (χ3n) is 4.03. The summed E-state index contributed by atoms with van der Waals surface area (Å²) in [6.45, 7) is 2.41. The number of aromatic nitrogens is 3. The predicted molar refractivity (Wildman–Crippen MR) is 95.2 cm³/mol. The molecule has 1 aliphatic rings. The highest BCUT2D eigenvalue weighted by Crippen LogP contribution is 2.41. The molecule has 6 heteroatoms. The van der Waals surface area contributed by atoms with Crippen molar-refractivity contribution in [2.24, 2.45) is 7.05 Å². The van der Waals surface area contributed by atoms with Crippen LogP contribution in [0, 0.1) is 11.8 Å². The van der Waals surface area contributed by atoms with Crippen LogP contribution in [0.4, 0.5) is 5.69 Å². The van der Waals surface area contributed by atoms with E-state index in [0.29, 0.717) is 24.0 Å². The number of nitrogens with one attached hydrogen (secondary N) is 1. The van der Waals surface area contributed by atoms with E-state index >= 15 is 0 Å². The SMILES string of the molecule is C[C@@H](O)CCNc1cc(Cl)ncc1C#Cc1cnn(C)c1C1CC1. The molecule has 0 unspecified atom stereocenters. The average Bonchev–Trinajstić information content (AvgIpc) is 3.29. The number of aliphatic hydroxyl groups excluding tert-OH is 1. The topological polar surface area (TPSA) is 63.0 Å². The molecule has 0 bridgehead atoms. The van der Waals surface area contributed by atoms with Gasteiger partial charge in [-0.3, -0.25) is 4.68 Å². The molecule has 2 N–H and O–H groups in total. The van der Waals surface area contributed by atoms with E-state index in [0.717, 1.165) is 16.8 Å². The predicted octanol–water partition coefficient (Wildman–Crippen LogP) is 2.93. The van der Waals surface area contributed by atoms with Crippen molar-refractivity contribution in [3.63, 3.8) is 0 Å². The molecule has 2 aromatic rings. The molecule has 2 heterocycles. The summed E-state index contributed by atoms with van der Waals surface area (Å²) in [5.41, 5.74) is 3.81. The molecule has 0 aromatic carbocycles. The first-order valence-electron chi connectivity index (χ1n) is 8.16. The van der Waals surface area contributed by atoms with Crippen molar-refractivity contribution in [2.75, 3.05) is 11.9 Å². The number of halogens is 1. The number of pyridine rings is 1. The van der Waals surface area contributed by atoms with Crippen LogP contribution in [0.1, 0.15) is 48.9 Å². The van der Waals surface area contributed by atoms with Crippen LogP contribution < -0.4 is 5.32 Å². The third kappa shape index (κ3) is 4.08. The maximum Gasteiger partial charge on any atom is 0.131 e. The van der Waals surface area contributed by atoms with Crippen LogP contribution in [0.15, 0.2) is 18.5 Å². The Morgan fingerprint density at radius 2 is 2.12 bits per heavy atom. The van der Waals surface area contributed by atoms with Crippen molar-refractivity contribution in [1.82, 2.24) is 14.8 Å². The van der Waals surface area contributed by atoms with Crippen molar-refractivity contribution in [3.05, 3.63) is 40.4 Å². The Morgan fingerprint density at radius 3 is 2.83 bits per heavy atom. The molecule has 1 fully saturated rings. The van der Waals surface area contributed by atoms with E-state index in [2.05, 4.69) is 27.2 Å². The second-order valence-corrected chi connectivity index (χ2v) is 6.60. The van der Waals surface area contributed by atoms with Crippen molar-refractivity contribution in [3.8, 4) is 11.8 Å². The van der Waals surface area contributed by atoms with E-state index in [-0.39, 0.29) is 6.10 Å². The van der Waals surface area contributed by atoms with Gasteiger partial charge in [-0.2, -0.15) is 5.10 Å². The lowest BCUT2D eigenvalue weighted by Gasteiger charge is -2.10. The number of aliphatic hydroxyl groups is 1. The Labute approximate surface area is 147 Å². The highest BCUT2D eigenvalue weighted by Gasteiger charge is 2.28. The van der Waals surface area contributed by atoms with Gasteiger partial charge in [0, 0.05) is 25.7 Å². The number of rotatable bonds is 5. The Kier molecular flexibility index (Phi) is 5.08. The lowest BCUT2D eigenvalue weighted by atomic mass is 10.1. The first-order valence-corrected chi connectivity index (χ1v) is 8.53. The van der Waals surface area contributed by atoms with Gasteiger partial charge in [0.05, 0.1) is 34.8 Å². The van der Waals surface area contributed by atoms with Crippen LogP contribution in [0.25, 0.3) is 0 Å². The van der Waals surface area contributed by atoms with Gasteiger partial charge in [-0.25, -0.2) is 4.98 Å². The minimum atomic E-state index is -0.346. The first-order chi connectivity index (χ1) is 11.5. The Balaban J connectivity index is 1.83. The summed E-state index contributed by atoms with van der Waals surface area (Å²) < 4.78 is 1.92. The molecule has 0 amide bonds. The van der Waals surface area contributed by atoms with Gasteiger partial charge < -0.3 is 10.4 Å². The molecule has 5 nitrogen and oxygen atoms in total. The van der Waals surface area contributed by atoms with Gasteiger partial charge in [0.2, 0.25) is 0 Å². The molecule has 3 rings (SSSR count). The summed E-state index contributed by atoms with van der Waals surface area (Å²) in [5, 5.41) is 17.4. The van der Waals surface area contributed by atoms with Gasteiger partial charge in [-0.05, 0) is 32.3 Å². The van der Waals surface area contributed by atoms with Gasteiger partial charge in [0.15, 0.2) is 0 Å². The van der Waals surface area contributed by atoms with Crippen molar-refractivity contribution < 1.29 is 5.11 Å². The molecule has 0 aliphatic heterocycles. The van der Waals surface area contributed by atoms with Gasteiger partial charge in [-0.1, -0.05) is 23.4 Å². The fourth-order valence-corrected chi connectivity index (χ4v) is 2.77. The minimum absolute atomic E-state index is 0.346. The zero-order valence-electron chi connectivity index (χ0n) is 13.9. The van der Waals surface area contributed by atoms with Gasteiger partial charge >= 0.3 is 0 Å². The molecule has 0 saturated heterocycles. The largest absolute Gasteiger partial charge is 0.393 e. The second kappa shape index (κ2) is 7.25. The van der Waals surface area contributed by atoms with E-state index in [9.17, 15) is 5.11 Å². The molecule has 1 aliphatic carbocycles. The zero-order valence-corrected chi connectivity index (χ0v) is 14.6. The molecule has 24 heavy (non-hydrogen) atoms. The minimum Gasteiger partial charge on any atom is -0.393 e. The van der Waals surface area contributed by atoms with Crippen LogP contribution in [-0.2, 0) is 7.05 Å². The smallest absolute Gasteiger partial charge is 0.131 e. The van der Waals surface area contributed by atoms with Crippen LogP contribution in [0.2, 0.25) is 5.15 Å². The summed E-state index contributed by atoms with van der Waals surface area (Å²) in [6, 6.07) is 1.76. The van der Waals surface area contributed by atoms with E-state index in [1.54, 1.807) is 19.2 Å².